The molecule has 0 bridgehead atoms. The fourth-order valence-corrected chi connectivity index (χ4v) is 5.07. The Bertz CT molecular complexity index is 1690. The molecule has 0 saturated carbocycles. The molecule has 0 N–H and O–H groups in total. The number of carbonyl (C=O) groups is 2. The molecule has 1 aliphatic rings. The van der Waals surface area contributed by atoms with Crippen molar-refractivity contribution < 1.29 is 14.3 Å². The minimum absolute atomic E-state index is 0.0314. The van der Waals surface area contributed by atoms with Crippen molar-refractivity contribution in [3.63, 3.8) is 0 Å². The number of para-hydroxylation sites is 1. The summed E-state index contributed by atoms with van der Waals surface area (Å²) in [5.41, 5.74) is 5.79. The van der Waals surface area contributed by atoms with Crippen LogP contribution < -0.4 is 4.90 Å². The zero-order chi connectivity index (χ0) is 26.4. The van der Waals surface area contributed by atoms with Gasteiger partial charge in [-0.25, -0.2) is 9.67 Å². The molecule has 3 aromatic heterocycles. The molecule has 0 unspecified atom stereocenters. The molecular weight excluding hydrogens is 482 g/mol. The van der Waals surface area contributed by atoms with Crippen molar-refractivity contribution in [2.24, 2.45) is 7.05 Å². The smallest absolute Gasteiger partial charge is 0.325 e. The minimum atomic E-state index is -0.421. The number of aromatic nitrogens is 5. The fourth-order valence-electron chi connectivity index (χ4n) is 5.07. The van der Waals surface area contributed by atoms with Gasteiger partial charge < -0.3 is 14.5 Å². The standard InChI is InChI=1S/C28H27N7O3/c1-18-6-4-8-21-27(20-7-5-9-23-22(20)15-32(2)30-23)31-35(28(18)21)19-10-11-24(29-14-19)33-12-13-34(25(36)16-33)17-26(37)38-3/h4-11,14-15H,12-13,16-17H2,1-3H3. The number of amides is 1. The van der Waals surface area contributed by atoms with Crippen molar-refractivity contribution in [2.45, 2.75) is 6.92 Å². The maximum atomic E-state index is 12.6. The lowest BCUT2D eigenvalue weighted by molar-refractivity contribution is -0.147. The minimum Gasteiger partial charge on any atom is -0.468 e. The van der Waals surface area contributed by atoms with Crippen LogP contribution in [-0.2, 0) is 21.4 Å². The van der Waals surface area contributed by atoms with Crippen LogP contribution in [0.2, 0.25) is 0 Å². The number of fused-ring (bicyclic) bond motifs is 2. The van der Waals surface area contributed by atoms with Crippen LogP contribution in [0.4, 0.5) is 5.82 Å². The van der Waals surface area contributed by atoms with Gasteiger partial charge in [0, 0.05) is 42.7 Å². The molecule has 38 heavy (non-hydrogen) atoms. The second kappa shape index (κ2) is 9.29. The molecule has 0 aliphatic carbocycles. The summed E-state index contributed by atoms with van der Waals surface area (Å²) in [5, 5.41) is 11.7. The lowest BCUT2D eigenvalue weighted by Gasteiger charge is -2.34. The Labute approximate surface area is 219 Å². The van der Waals surface area contributed by atoms with E-state index in [0.29, 0.717) is 18.9 Å². The predicted octanol–water partition coefficient (Wildman–Crippen LogP) is 3.10. The van der Waals surface area contributed by atoms with E-state index in [1.807, 2.05) is 51.8 Å². The molecule has 5 aromatic rings. The van der Waals surface area contributed by atoms with Gasteiger partial charge in [-0.3, -0.25) is 14.3 Å². The van der Waals surface area contributed by atoms with E-state index < -0.39 is 5.97 Å². The first-order valence-corrected chi connectivity index (χ1v) is 12.4. The Kier molecular flexibility index (Phi) is 5.79. The van der Waals surface area contributed by atoms with Gasteiger partial charge in [-0.1, -0.05) is 30.3 Å². The molecule has 4 heterocycles. The van der Waals surface area contributed by atoms with Crippen LogP contribution in [0, 0.1) is 6.92 Å². The van der Waals surface area contributed by atoms with E-state index in [4.69, 9.17) is 5.10 Å². The maximum Gasteiger partial charge on any atom is 0.325 e. The van der Waals surface area contributed by atoms with Gasteiger partial charge in [-0.05, 0) is 30.7 Å². The van der Waals surface area contributed by atoms with Gasteiger partial charge in [0.25, 0.3) is 0 Å². The highest BCUT2D eigenvalue weighted by Crippen LogP contribution is 2.35. The average Bonchev–Trinajstić information content (AvgIpc) is 3.50. The first-order chi connectivity index (χ1) is 18.4. The van der Waals surface area contributed by atoms with E-state index in [1.165, 1.54) is 12.0 Å². The number of hydrogen-bond donors (Lipinski definition) is 0. The third kappa shape index (κ3) is 4.03. The number of carbonyl (C=O) groups excluding carboxylic acids is 2. The number of esters is 1. The maximum absolute atomic E-state index is 12.6. The van der Waals surface area contributed by atoms with Crippen LogP contribution in [0.15, 0.2) is 60.9 Å². The third-order valence-corrected chi connectivity index (χ3v) is 6.99. The Morgan fingerprint density at radius 3 is 2.63 bits per heavy atom. The molecule has 0 spiro atoms. The van der Waals surface area contributed by atoms with Gasteiger partial charge in [0.2, 0.25) is 5.91 Å². The second-order valence-corrected chi connectivity index (χ2v) is 9.46. The third-order valence-electron chi connectivity index (χ3n) is 6.99. The number of nitrogens with zero attached hydrogens (tertiary/aromatic N) is 7. The van der Waals surface area contributed by atoms with Gasteiger partial charge in [-0.2, -0.15) is 10.2 Å². The zero-order valence-electron chi connectivity index (χ0n) is 21.5. The second-order valence-electron chi connectivity index (χ2n) is 9.46. The van der Waals surface area contributed by atoms with Crippen molar-refractivity contribution in [1.29, 1.82) is 0 Å². The summed E-state index contributed by atoms with van der Waals surface area (Å²) < 4.78 is 8.44. The summed E-state index contributed by atoms with van der Waals surface area (Å²) in [5.74, 6) is 0.152. The molecular formula is C28H27N7O3. The molecule has 2 aromatic carbocycles. The summed E-state index contributed by atoms with van der Waals surface area (Å²) in [7, 11) is 3.24. The molecule has 6 rings (SSSR count). The van der Waals surface area contributed by atoms with Crippen LogP contribution in [0.25, 0.3) is 38.8 Å². The van der Waals surface area contributed by atoms with E-state index in [-0.39, 0.29) is 19.0 Å². The first-order valence-electron chi connectivity index (χ1n) is 12.4. The molecule has 0 radical (unpaired) electrons. The fraction of sp³-hybridized carbons (Fsp3) is 0.250. The first kappa shape index (κ1) is 23.7. The number of anilines is 1. The number of methoxy groups -OCH3 is 1. The Morgan fingerprint density at radius 1 is 1.03 bits per heavy atom. The summed E-state index contributed by atoms with van der Waals surface area (Å²) in [6.45, 7) is 3.22. The van der Waals surface area contributed by atoms with E-state index in [2.05, 4.69) is 46.0 Å². The summed E-state index contributed by atoms with van der Waals surface area (Å²) in [6, 6.07) is 16.2. The van der Waals surface area contributed by atoms with Crippen molar-refractivity contribution in [3.8, 4) is 16.9 Å². The van der Waals surface area contributed by atoms with Crippen molar-refractivity contribution in [2.75, 3.05) is 38.2 Å². The molecule has 10 heteroatoms. The molecule has 1 amide bonds. The number of hydrogen-bond acceptors (Lipinski definition) is 7. The Balaban J connectivity index is 1.34. The lowest BCUT2D eigenvalue weighted by atomic mass is 10.0. The van der Waals surface area contributed by atoms with E-state index >= 15 is 0 Å². The largest absolute Gasteiger partial charge is 0.468 e. The Morgan fingerprint density at radius 2 is 1.87 bits per heavy atom. The molecule has 1 saturated heterocycles. The van der Waals surface area contributed by atoms with Crippen molar-refractivity contribution in [1.82, 2.24) is 29.4 Å². The number of benzene rings is 2. The zero-order valence-corrected chi connectivity index (χ0v) is 21.5. The number of ether oxygens (including phenoxy) is 1. The van der Waals surface area contributed by atoms with Gasteiger partial charge in [0.1, 0.15) is 18.1 Å². The summed E-state index contributed by atoms with van der Waals surface area (Å²) in [6.07, 6.45) is 3.81. The van der Waals surface area contributed by atoms with Crippen LogP contribution in [0.1, 0.15) is 5.56 Å². The Hall–Kier alpha value is -4.73. The SMILES string of the molecule is COC(=O)CN1CCN(c2ccc(-n3nc(-c4cccc5nn(C)cc45)c4cccc(C)c43)cn2)CC1=O. The normalized spacial score (nSPS) is 14.0. The molecule has 0 atom stereocenters. The molecule has 192 valence electrons. The number of aryl methyl sites for hydroxylation is 2. The van der Waals surface area contributed by atoms with Gasteiger partial charge in [0.15, 0.2) is 0 Å². The lowest BCUT2D eigenvalue weighted by Crippen LogP contribution is -2.52. The molecule has 1 aliphatic heterocycles. The summed E-state index contributed by atoms with van der Waals surface area (Å²) in [4.78, 5) is 32.2. The monoisotopic (exact) mass is 509 g/mol. The number of piperazine rings is 1. The molecule has 10 nitrogen and oxygen atoms in total. The van der Waals surface area contributed by atoms with Crippen LogP contribution in [0.3, 0.4) is 0 Å². The predicted molar refractivity (Wildman–Crippen MR) is 144 cm³/mol. The van der Waals surface area contributed by atoms with E-state index in [9.17, 15) is 9.59 Å². The van der Waals surface area contributed by atoms with Gasteiger partial charge >= 0.3 is 5.97 Å². The van der Waals surface area contributed by atoms with Crippen LogP contribution >= 0.6 is 0 Å². The number of rotatable bonds is 5. The van der Waals surface area contributed by atoms with E-state index in [0.717, 1.165) is 44.3 Å². The van der Waals surface area contributed by atoms with Crippen molar-refractivity contribution >= 4 is 39.5 Å². The van der Waals surface area contributed by atoms with Crippen molar-refractivity contribution in [3.05, 3.63) is 66.5 Å². The highest BCUT2D eigenvalue weighted by Gasteiger charge is 2.26. The average molecular weight is 510 g/mol. The van der Waals surface area contributed by atoms with Crippen LogP contribution in [0.5, 0.6) is 0 Å². The molecule has 1 fully saturated rings. The van der Waals surface area contributed by atoms with Gasteiger partial charge in [0.05, 0.1) is 36.6 Å². The summed E-state index contributed by atoms with van der Waals surface area (Å²) >= 11 is 0. The number of pyridine rings is 1. The van der Waals surface area contributed by atoms with Gasteiger partial charge in [-0.15, -0.1) is 0 Å². The quantitative estimate of drug-likeness (QED) is 0.336. The van der Waals surface area contributed by atoms with Crippen LogP contribution in [-0.4, -0.2) is 74.6 Å². The highest BCUT2D eigenvalue weighted by molar-refractivity contribution is 6.03. The highest BCUT2D eigenvalue weighted by atomic mass is 16.5. The topological polar surface area (TPSA) is 98.4 Å². The van der Waals surface area contributed by atoms with E-state index in [1.54, 1.807) is 6.20 Å².